The lowest BCUT2D eigenvalue weighted by Crippen LogP contribution is -2.38. The molecule has 0 unspecified atom stereocenters. The molecule has 6 nitrogen and oxygen atoms in total. The fourth-order valence-electron chi connectivity index (χ4n) is 4.29. The third-order valence-electron chi connectivity index (χ3n) is 6.15. The molecule has 0 atom stereocenters. The van der Waals surface area contributed by atoms with Gasteiger partial charge in [0.15, 0.2) is 11.5 Å². The van der Waals surface area contributed by atoms with Crippen LogP contribution < -0.4 is 18.9 Å². The molecular formula is C30H33NO5S. The number of benzene rings is 3. The number of thiophene rings is 1. The second kappa shape index (κ2) is 11.9. The first-order chi connectivity index (χ1) is 18.1. The van der Waals surface area contributed by atoms with Gasteiger partial charge in [-0.2, -0.15) is 0 Å². The Morgan fingerprint density at radius 3 is 2.38 bits per heavy atom. The molecule has 0 radical (unpaired) electrons. The van der Waals surface area contributed by atoms with Crippen LogP contribution in [0.2, 0.25) is 0 Å². The number of ether oxygens (including phenoxy) is 5. The van der Waals surface area contributed by atoms with Crippen molar-refractivity contribution >= 4 is 21.4 Å². The van der Waals surface area contributed by atoms with E-state index in [2.05, 4.69) is 35.2 Å². The minimum Gasteiger partial charge on any atom is -0.496 e. The lowest BCUT2D eigenvalue weighted by atomic mass is 10.1. The minimum atomic E-state index is -0.00975. The number of fused-ring (bicyclic) bond motifs is 1. The molecule has 0 amide bonds. The van der Waals surface area contributed by atoms with E-state index in [0.717, 1.165) is 54.8 Å². The Morgan fingerprint density at radius 1 is 0.892 bits per heavy atom. The molecule has 0 saturated carbocycles. The minimum absolute atomic E-state index is 0.00975. The second-order valence-electron chi connectivity index (χ2n) is 9.19. The monoisotopic (exact) mass is 519 g/mol. The van der Waals surface area contributed by atoms with E-state index in [1.807, 2.05) is 50.2 Å². The Kier molecular flexibility index (Phi) is 8.14. The third kappa shape index (κ3) is 6.36. The highest BCUT2D eigenvalue weighted by Gasteiger charge is 2.18. The van der Waals surface area contributed by atoms with Gasteiger partial charge < -0.3 is 23.7 Å². The Balaban J connectivity index is 1.35. The maximum atomic E-state index is 6.35. The third-order valence-corrected chi connectivity index (χ3v) is 7.30. The molecular weight excluding hydrogens is 486 g/mol. The van der Waals surface area contributed by atoms with Crippen LogP contribution in [0.15, 0.2) is 66.7 Å². The Hall–Kier alpha value is -3.26. The van der Waals surface area contributed by atoms with Gasteiger partial charge >= 0.3 is 0 Å². The van der Waals surface area contributed by atoms with Crippen molar-refractivity contribution in [2.45, 2.75) is 20.0 Å². The lowest BCUT2D eigenvalue weighted by molar-refractivity contribution is 0.0322. The summed E-state index contributed by atoms with van der Waals surface area (Å²) in [4.78, 5) is 3.47. The highest BCUT2D eigenvalue weighted by Crippen LogP contribution is 2.45. The first-order valence-electron chi connectivity index (χ1n) is 12.7. The summed E-state index contributed by atoms with van der Waals surface area (Å²) < 4.78 is 30.8. The molecule has 0 N–H and O–H groups in total. The maximum absolute atomic E-state index is 6.35. The topological polar surface area (TPSA) is 49.4 Å². The fraction of sp³-hybridized carbons (Fsp3) is 0.333. The number of nitrogens with zero attached hydrogens (tertiary/aromatic N) is 1. The number of hydrogen-bond acceptors (Lipinski definition) is 7. The van der Waals surface area contributed by atoms with E-state index in [0.29, 0.717) is 23.9 Å². The summed E-state index contributed by atoms with van der Waals surface area (Å²) in [5, 5.41) is 1.21. The molecule has 1 aliphatic heterocycles. The molecule has 1 aromatic heterocycles. The zero-order valence-electron chi connectivity index (χ0n) is 21.6. The summed E-state index contributed by atoms with van der Waals surface area (Å²) in [5.74, 6) is 3.56. The van der Waals surface area contributed by atoms with Crippen molar-refractivity contribution in [1.29, 1.82) is 0 Å². The highest BCUT2D eigenvalue weighted by atomic mass is 32.1. The van der Waals surface area contributed by atoms with Crippen LogP contribution >= 0.6 is 11.3 Å². The van der Waals surface area contributed by atoms with Gasteiger partial charge in [-0.15, -0.1) is 11.3 Å². The van der Waals surface area contributed by atoms with Crippen molar-refractivity contribution in [3.8, 4) is 39.2 Å². The fourth-order valence-corrected chi connectivity index (χ4v) is 5.38. The van der Waals surface area contributed by atoms with Crippen LogP contribution in [0.4, 0.5) is 0 Å². The second-order valence-corrected chi connectivity index (χ2v) is 10.3. The smallest absolute Gasteiger partial charge is 0.170 e. The summed E-state index contributed by atoms with van der Waals surface area (Å²) >= 11 is 1.73. The molecule has 5 rings (SSSR count). The SMILES string of the molecule is COc1cc(OC(C)C)c(Oc2ccc(OCCN3CCOCC3)cc2)cc1-c1cc2ccccc2s1. The zero-order chi connectivity index (χ0) is 25.6. The molecule has 4 aromatic rings. The van der Waals surface area contributed by atoms with Crippen molar-refractivity contribution in [3.05, 3.63) is 66.7 Å². The molecule has 1 saturated heterocycles. The molecule has 1 fully saturated rings. The number of morpholine rings is 1. The molecule has 3 aromatic carbocycles. The average Bonchev–Trinajstić information content (AvgIpc) is 3.35. The first kappa shape index (κ1) is 25.4. The predicted octanol–water partition coefficient (Wildman–Crippen LogP) is 6.87. The van der Waals surface area contributed by atoms with Gasteiger partial charge in [0.05, 0.1) is 26.4 Å². The lowest BCUT2D eigenvalue weighted by Gasteiger charge is -2.26. The summed E-state index contributed by atoms with van der Waals surface area (Å²) in [5.41, 5.74) is 0.970. The Labute approximate surface area is 222 Å². The van der Waals surface area contributed by atoms with E-state index in [1.165, 1.54) is 10.1 Å². The van der Waals surface area contributed by atoms with E-state index in [-0.39, 0.29) is 6.10 Å². The summed E-state index contributed by atoms with van der Waals surface area (Å²) in [6, 6.07) is 22.2. The van der Waals surface area contributed by atoms with Gasteiger partial charge in [-0.25, -0.2) is 0 Å². The van der Waals surface area contributed by atoms with Crippen molar-refractivity contribution in [3.63, 3.8) is 0 Å². The van der Waals surface area contributed by atoms with Crippen LogP contribution in [-0.4, -0.2) is 57.6 Å². The number of rotatable bonds is 10. The molecule has 7 heteroatoms. The van der Waals surface area contributed by atoms with E-state index in [9.17, 15) is 0 Å². The van der Waals surface area contributed by atoms with E-state index < -0.39 is 0 Å². The molecule has 37 heavy (non-hydrogen) atoms. The summed E-state index contributed by atoms with van der Waals surface area (Å²) in [6.45, 7) is 9.05. The standard InChI is InChI=1S/C30H33NO5S/c1-21(2)35-28-20-26(32-3)25(30-18-22-6-4-5-7-29(22)37-30)19-27(28)36-24-10-8-23(9-11-24)34-17-14-31-12-15-33-16-13-31/h4-11,18-21H,12-17H2,1-3H3. The Morgan fingerprint density at radius 2 is 1.65 bits per heavy atom. The van der Waals surface area contributed by atoms with Crippen LogP contribution in [0.3, 0.4) is 0 Å². The van der Waals surface area contributed by atoms with Crippen LogP contribution in [0.25, 0.3) is 20.5 Å². The van der Waals surface area contributed by atoms with Crippen LogP contribution in [0.1, 0.15) is 13.8 Å². The van der Waals surface area contributed by atoms with Crippen LogP contribution in [-0.2, 0) is 4.74 Å². The number of methoxy groups -OCH3 is 1. The quantitative estimate of drug-likeness (QED) is 0.228. The number of hydrogen-bond donors (Lipinski definition) is 0. The first-order valence-corrected chi connectivity index (χ1v) is 13.5. The van der Waals surface area contributed by atoms with E-state index >= 15 is 0 Å². The average molecular weight is 520 g/mol. The van der Waals surface area contributed by atoms with Gasteiger partial charge in [0, 0.05) is 40.8 Å². The Bertz CT molecular complexity index is 1280. The van der Waals surface area contributed by atoms with E-state index in [4.69, 9.17) is 23.7 Å². The van der Waals surface area contributed by atoms with Gasteiger partial charge in [0.2, 0.25) is 0 Å². The molecule has 0 spiro atoms. The zero-order valence-corrected chi connectivity index (χ0v) is 22.4. The van der Waals surface area contributed by atoms with Crippen LogP contribution in [0, 0.1) is 0 Å². The maximum Gasteiger partial charge on any atom is 0.170 e. The van der Waals surface area contributed by atoms with E-state index in [1.54, 1.807) is 18.4 Å². The van der Waals surface area contributed by atoms with Crippen LogP contribution in [0.5, 0.6) is 28.7 Å². The summed E-state index contributed by atoms with van der Waals surface area (Å²) in [7, 11) is 1.68. The molecule has 1 aliphatic rings. The molecule has 0 bridgehead atoms. The van der Waals surface area contributed by atoms with Crippen molar-refractivity contribution in [2.24, 2.45) is 0 Å². The van der Waals surface area contributed by atoms with Gasteiger partial charge in [-0.3, -0.25) is 4.90 Å². The largest absolute Gasteiger partial charge is 0.496 e. The van der Waals surface area contributed by atoms with Crippen molar-refractivity contribution < 1.29 is 23.7 Å². The molecule has 194 valence electrons. The van der Waals surface area contributed by atoms with Gasteiger partial charge in [0.25, 0.3) is 0 Å². The van der Waals surface area contributed by atoms with Gasteiger partial charge in [0.1, 0.15) is 23.9 Å². The van der Waals surface area contributed by atoms with Gasteiger partial charge in [-0.05, 0) is 61.7 Å². The molecule has 2 heterocycles. The van der Waals surface area contributed by atoms with Crippen molar-refractivity contribution in [2.75, 3.05) is 46.6 Å². The summed E-state index contributed by atoms with van der Waals surface area (Å²) in [6.07, 6.45) is -0.00975. The van der Waals surface area contributed by atoms with Crippen molar-refractivity contribution in [1.82, 2.24) is 4.90 Å². The van der Waals surface area contributed by atoms with Gasteiger partial charge in [-0.1, -0.05) is 18.2 Å². The molecule has 0 aliphatic carbocycles. The highest BCUT2D eigenvalue weighted by molar-refractivity contribution is 7.22. The predicted molar refractivity (Wildman–Crippen MR) is 149 cm³/mol. The normalized spacial score (nSPS) is 14.2.